The van der Waals surface area contributed by atoms with Gasteiger partial charge in [0, 0.05) is 11.1 Å². The minimum atomic E-state index is -0.107. The number of hydrogen-bond acceptors (Lipinski definition) is 2. The van der Waals surface area contributed by atoms with Crippen molar-refractivity contribution in [2.45, 2.75) is 32.2 Å². The summed E-state index contributed by atoms with van der Waals surface area (Å²) in [6.45, 7) is 3.46. The first-order valence-electron chi connectivity index (χ1n) is 6.66. The zero-order valence-corrected chi connectivity index (χ0v) is 13.5. The Kier molecular flexibility index (Phi) is 5.56. The van der Waals surface area contributed by atoms with Gasteiger partial charge in [-0.15, -0.1) is 0 Å². The van der Waals surface area contributed by atoms with E-state index in [2.05, 4.69) is 17.1 Å². The zero-order chi connectivity index (χ0) is 14.7. The van der Waals surface area contributed by atoms with Crippen molar-refractivity contribution in [2.75, 3.05) is 18.4 Å². The van der Waals surface area contributed by atoms with Crippen molar-refractivity contribution in [1.82, 2.24) is 4.90 Å². The first kappa shape index (κ1) is 15.9. The number of rotatable bonds is 3. The second kappa shape index (κ2) is 6.99. The molecular formula is C14H17Cl3N2O. The van der Waals surface area contributed by atoms with Gasteiger partial charge in [0.1, 0.15) is 0 Å². The normalized spacial score (nSPS) is 19.9. The molecule has 0 aliphatic carbocycles. The molecule has 0 unspecified atom stereocenters. The van der Waals surface area contributed by atoms with Crippen molar-refractivity contribution in [3.05, 3.63) is 27.2 Å². The van der Waals surface area contributed by atoms with Gasteiger partial charge in [-0.2, -0.15) is 0 Å². The number of anilines is 1. The average Bonchev–Trinajstić information content (AvgIpc) is 2.36. The molecule has 6 heteroatoms. The summed E-state index contributed by atoms with van der Waals surface area (Å²) in [5.74, 6) is -0.107. The Bertz CT molecular complexity index is 484. The molecule has 1 N–H and O–H groups in total. The number of benzene rings is 1. The molecule has 1 aliphatic heterocycles. The van der Waals surface area contributed by atoms with Crippen molar-refractivity contribution >= 4 is 46.4 Å². The number of piperidine rings is 1. The molecule has 0 radical (unpaired) electrons. The SMILES string of the molecule is C[C@@H]1CCCCN1CC(=O)Nc1c(Cl)cc(Cl)cc1Cl. The van der Waals surface area contributed by atoms with Crippen LogP contribution in [0.15, 0.2) is 12.1 Å². The van der Waals surface area contributed by atoms with Gasteiger partial charge in [-0.1, -0.05) is 41.2 Å². The van der Waals surface area contributed by atoms with E-state index in [1.807, 2.05) is 0 Å². The molecule has 0 bridgehead atoms. The summed E-state index contributed by atoms with van der Waals surface area (Å²) >= 11 is 17.9. The fraction of sp³-hybridized carbons (Fsp3) is 0.500. The Morgan fingerprint density at radius 3 is 2.55 bits per heavy atom. The predicted molar refractivity (Wildman–Crippen MR) is 85.0 cm³/mol. The van der Waals surface area contributed by atoms with Crippen molar-refractivity contribution in [1.29, 1.82) is 0 Å². The van der Waals surface area contributed by atoms with Crippen LogP contribution in [0.1, 0.15) is 26.2 Å². The minimum Gasteiger partial charge on any atom is -0.322 e. The highest BCUT2D eigenvalue weighted by molar-refractivity contribution is 6.42. The molecule has 1 aromatic carbocycles. The Balaban J connectivity index is 2.01. The van der Waals surface area contributed by atoms with Gasteiger partial charge in [0.25, 0.3) is 0 Å². The third kappa shape index (κ3) is 4.01. The van der Waals surface area contributed by atoms with Crippen LogP contribution < -0.4 is 5.32 Å². The van der Waals surface area contributed by atoms with Gasteiger partial charge in [-0.05, 0) is 38.4 Å². The molecule has 0 saturated carbocycles. The van der Waals surface area contributed by atoms with Crippen molar-refractivity contribution in [2.24, 2.45) is 0 Å². The number of likely N-dealkylation sites (tertiary alicyclic amines) is 1. The highest BCUT2D eigenvalue weighted by Gasteiger charge is 2.21. The second-order valence-corrected chi connectivity index (χ2v) is 6.36. The van der Waals surface area contributed by atoms with E-state index in [0.717, 1.165) is 19.4 Å². The topological polar surface area (TPSA) is 32.3 Å². The lowest BCUT2D eigenvalue weighted by Crippen LogP contribution is -2.42. The summed E-state index contributed by atoms with van der Waals surface area (Å²) in [6, 6.07) is 3.56. The Morgan fingerprint density at radius 2 is 1.95 bits per heavy atom. The van der Waals surface area contributed by atoms with Crippen LogP contribution in [0.25, 0.3) is 0 Å². The summed E-state index contributed by atoms with van der Waals surface area (Å²) in [6.07, 6.45) is 3.50. The molecular weight excluding hydrogens is 319 g/mol. The Hall–Kier alpha value is -0.480. The molecule has 1 amide bonds. The Morgan fingerprint density at radius 1 is 1.30 bits per heavy atom. The van der Waals surface area contributed by atoms with E-state index >= 15 is 0 Å². The third-order valence-corrected chi connectivity index (χ3v) is 4.37. The molecule has 1 aliphatic rings. The molecule has 0 spiro atoms. The van der Waals surface area contributed by atoms with Gasteiger partial charge in [-0.25, -0.2) is 0 Å². The molecule has 2 rings (SSSR count). The maximum absolute atomic E-state index is 12.1. The number of amides is 1. The first-order valence-corrected chi connectivity index (χ1v) is 7.79. The quantitative estimate of drug-likeness (QED) is 0.884. The molecule has 1 atom stereocenters. The van der Waals surface area contributed by atoms with Crippen LogP contribution in [0.4, 0.5) is 5.69 Å². The molecule has 3 nitrogen and oxygen atoms in total. The zero-order valence-electron chi connectivity index (χ0n) is 11.3. The lowest BCUT2D eigenvalue weighted by Gasteiger charge is -2.32. The van der Waals surface area contributed by atoms with E-state index in [1.165, 1.54) is 6.42 Å². The van der Waals surface area contributed by atoms with E-state index in [-0.39, 0.29) is 5.91 Å². The highest BCUT2D eigenvalue weighted by Crippen LogP contribution is 2.33. The van der Waals surface area contributed by atoms with Crippen LogP contribution in [0.5, 0.6) is 0 Å². The number of hydrogen-bond donors (Lipinski definition) is 1. The van der Waals surface area contributed by atoms with Crippen molar-refractivity contribution in [3.8, 4) is 0 Å². The molecule has 0 aromatic heterocycles. The summed E-state index contributed by atoms with van der Waals surface area (Å²) in [5.41, 5.74) is 0.424. The maximum Gasteiger partial charge on any atom is 0.238 e. The maximum atomic E-state index is 12.1. The number of carbonyl (C=O) groups excluding carboxylic acids is 1. The van der Waals surface area contributed by atoms with Gasteiger partial charge in [0.2, 0.25) is 5.91 Å². The minimum absolute atomic E-state index is 0.107. The largest absolute Gasteiger partial charge is 0.322 e. The lowest BCUT2D eigenvalue weighted by atomic mass is 10.0. The Labute approximate surface area is 134 Å². The third-order valence-electron chi connectivity index (χ3n) is 3.56. The summed E-state index contributed by atoms with van der Waals surface area (Å²) in [4.78, 5) is 14.3. The van der Waals surface area contributed by atoms with Crippen LogP contribution in [-0.2, 0) is 4.79 Å². The van der Waals surface area contributed by atoms with Crippen molar-refractivity contribution in [3.63, 3.8) is 0 Å². The fourth-order valence-electron chi connectivity index (χ4n) is 2.42. The van der Waals surface area contributed by atoms with Crippen LogP contribution >= 0.6 is 34.8 Å². The highest BCUT2D eigenvalue weighted by atomic mass is 35.5. The summed E-state index contributed by atoms with van der Waals surface area (Å²) < 4.78 is 0. The standard InChI is InChI=1S/C14H17Cl3N2O/c1-9-4-2-3-5-19(9)8-13(20)18-14-11(16)6-10(15)7-12(14)17/h6-7,9H,2-5,8H2,1H3,(H,18,20)/t9-/m1/s1. The van der Waals surface area contributed by atoms with E-state index < -0.39 is 0 Å². The first-order chi connectivity index (χ1) is 9.47. The number of nitrogens with one attached hydrogen (secondary N) is 1. The van der Waals surface area contributed by atoms with E-state index in [4.69, 9.17) is 34.8 Å². The number of nitrogens with zero attached hydrogens (tertiary/aromatic N) is 1. The predicted octanol–water partition coefficient (Wildman–Crippen LogP) is 4.46. The molecule has 1 heterocycles. The molecule has 110 valence electrons. The van der Waals surface area contributed by atoms with Gasteiger partial charge >= 0.3 is 0 Å². The average molecular weight is 336 g/mol. The molecule has 20 heavy (non-hydrogen) atoms. The van der Waals surface area contributed by atoms with E-state index in [0.29, 0.717) is 33.3 Å². The monoisotopic (exact) mass is 334 g/mol. The van der Waals surface area contributed by atoms with Crippen LogP contribution in [-0.4, -0.2) is 29.9 Å². The van der Waals surface area contributed by atoms with Gasteiger partial charge in [-0.3, -0.25) is 9.69 Å². The fourth-order valence-corrected chi connectivity index (χ4v) is 3.33. The van der Waals surface area contributed by atoms with Crippen LogP contribution in [0.3, 0.4) is 0 Å². The molecule has 1 fully saturated rings. The smallest absolute Gasteiger partial charge is 0.238 e. The van der Waals surface area contributed by atoms with Crippen LogP contribution in [0, 0.1) is 0 Å². The van der Waals surface area contributed by atoms with Crippen LogP contribution in [0.2, 0.25) is 15.1 Å². The second-order valence-electron chi connectivity index (χ2n) is 5.11. The van der Waals surface area contributed by atoms with Gasteiger partial charge in [0.05, 0.1) is 22.3 Å². The number of halogens is 3. The van der Waals surface area contributed by atoms with E-state index in [1.54, 1.807) is 12.1 Å². The number of carbonyl (C=O) groups is 1. The van der Waals surface area contributed by atoms with Crippen molar-refractivity contribution < 1.29 is 4.79 Å². The summed E-state index contributed by atoms with van der Waals surface area (Å²) in [5, 5.41) is 3.92. The van der Waals surface area contributed by atoms with E-state index in [9.17, 15) is 4.79 Å². The lowest BCUT2D eigenvalue weighted by molar-refractivity contribution is -0.118. The van der Waals surface area contributed by atoms with Gasteiger partial charge in [0.15, 0.2) is 0 Å². The molecule has 1 aromatic rings. The summed E-state index contributed by atoms with van der Waals surface area (Å²) in [7, 11) is 0. The van der Waals surface area contributed by atoms with Gasteiger partial charge < -0.3 is 5.32 Å². The molecule has 1 saturated heterocycles.